The number of fused-ring (bicyclic) bond motifs is 1. The minimum absolute atomic E-state index is 0.0984. The van der Waals surface area contributed by atoms with E-state index in [1.807, 2.05) is 56.5 Å². The molecular formula is C29H36N2O5S2. The number of amides is 1. The van der Waals surface area contributed by atoms with Crippen molar-refractivity contribution >= 4 is 27.3 Å². The number of rotatable bonds is 11. The van der Waals surface area contributed by atoms with Gasteiger partial charge < -0.3 is 14.4 Å². The summed E-state index contributed by atoms with van der Waals surface area (Å²) in [5, 5.41) is 2.04. The number of nitrogens with zero attached hydrogens (tertiary/aromatic N) is 2. The van der Waals surface area contributed by atoms with Crippen LogP contribution in [0.2, 0.25) is 0 Å². The number of benzene rings is 2. The first-order valence-electron chi connectivity index (χ1n) is 12.9. The molecule has 38 heavy (non-hydrogen) atoms. The van der Waals surface area contributed by atoms with Crippen molar-refractivity contribution in [1.82, 2.24) is 9.21 Å². The highest BCUT2D eigenvalue weighted by atomic mass is 32.2. The summed E-state index contributed by atoms with van der Waals surface area (Å²) in [6.45, 7) is 6.90. The standard InChI is InChI=1S/C29H36N2O5S2/c1-5-21(2)18-30(38(33,34)25-12-10-23(35-4)11-13-25)19-29(32)31-16-14-28-26(15-17-37-28)27(31)20-36-24-8-6-22(3)7-9-24/h6-13,15,17,21,27H,5,14,16,18-20H2,1-4H3/t21-,27-/m0/s1. The van der Waals surface area contributed by atoms with Crippen LogP contribution in [-0.2, 0) is 21.2 Å². The molecule has 204 valence electrons. The Morgan fingerprint density at radius 3 is 2.45 bits per heavy atom. The topological polar surface area (TPSA) is 76.2 Å². The quantitative estimate of drug-likeness (QED) is 0.320. The minimum atomic E-state index is -3.89. The van der Waals surface area contributed by atoms with E-state index in [1.54, 1.807) is 28.4 Å². The summed E-state index contributed by atoms with van der Waals surface area (Å²) >= 11 is 1.69. The third-order valence-electron chi connectivity index (χ3n) is 7.07. The lowest BCUT2D eigenvalue weighted by atomic mass is 10.0. The average molecular weight is 557 g/mol. The Morgan fingerprint density at radius 1 is 1.11 bits per heavy atom. The molecule has 1 aliphatic rings. The van der Waals surface area contributed by atoms with Crippen molar-refractivity contribution in [3.8, 4) is 11.5 Å². The molecule has 0 saturated heterocycles. The van der Waals surface area contributed by atoms with Crippen LogP contribution >= 0.6 is 11.3 Å². The highest BCUT2D eigenvalue weighted by Crippen LogP contribution is 2.34. The average Bonchev–Trinajstić information content (AvgIpc) is 3.41. The van der Waals surface area contributed by atoms with Crippen LogP contribution in [0.5, 0.6) is 11.5 Å². The zero-order valence-corrected chi connectivity index (χ0v) is 24.1. The molecule has 0 radical (unpaired) electrons. The van der Waals surface area contributed by atoms with E-state index < -0.39 is 10.0 Å². The van der Waals surface area contributed by atoms with Crippen molar-refractivity contribution in [2.45, 2.75) is 44.6 Å². The van der Waals surface area contributed by atoms with E-state index in [2.05, 4.69) is 0 Å². The van der Waals surface area contributed by atoms with Crippen molar-refractivity contribution < 1.29 is 22.7 Å². The lowest BCUT2D eigenvalue weighted by Gasteiger charge is -2.37. The monoisotopic (exact) mass is 556 g/mol. The second kappa shape index (κ2) is 12.3. The van der Waals surface area contributed by atoms with Gasteiger partial charge in [-0.05, 0) is 72.7 Å². The van der Waals surface area contributed by atoms with Gasteiger partial charge in [-0.1, -0.05) is 38.0 Å². The summed E-state index contributed by atoms with van der Waals surface area (Å²) < 4.78 is 40.0. The van der Waals surface area contributed by atoms with E-state index in [0.717, 1.165) is 29.7 Å². The molecule has 9 heteroatoms. The SMILES string of the molecule is CC[C@H](C)CN(CC(=O)N1CCc2sccc2[C@@H]1COc1ccc(C)cc1)S(=O)(=O)c1ccc(OC)cc1. The van der Waals surface area contributed by atoms with Gasteiger partial charge in [-0.3, -0.25) is 4.79 Å². The summed E-state index contributed by atoms with van der Waals surface area (Å²) in [6, 6.07) is 15.9. The molecule has 7 nitrogen and oxygen atoms in total. The molecule has 3 aromatic rings. The van der Waals surface area contributed by atoms with Crippen LogP contribution < -0.4 is 9.47 Å². The maximum Gasteiger partial charge on any atom is 0.243 e. The number of ether oxygens (including phenoxy) is 2. The van der Waals surface area contributed by atoms with E-state index >= 15 is 0 Å². The second-order valence-corrected chi connectivity index (χ2v) is 12.7. The number of hydrogen-bond donors (Lipinski definition) is 0. The predicted molar refractivity (Wildman–Crippen MR) is 150 cm³/mol. The first kappa shape index (κ1) is 28.1. The lowest BCUT2D eigenvalue weighted by molar-refractivity contribution is -0.135. The van der Waals surface area contributed by atoms with Crippen molar-refractivity contribution in [3.05, 3.63) is 76.0 Å². The van der Waals surface area contributed by atoms with Gasteiger partial charge >= 0.3 is 0 Å². The molecule has 0 N–H and O–H groups in total. The molecule has 0 spiro atoms. The van der Waals surface area contributed by atoms with Crippen LogP contribution in [0.4, 0.5) is 0 Å². The molecule has 0 fully saturated rings. The Labute approximate surface area is 230 Å². The third-order valence-corrected chi connectivity index (χ3v) is 9.89. The molecule has 1 amide bonds. The summed E-state index contributed by atoms with van der Waals surface area (Å²) in [4.78, 5) is 17.0. The zero-order chi connectivity index (χ0) is 27.3. The Balaban J connectivity index is 1.57. The fourth-order valence-corrected chi connectivity index (χ4v) is 6.98. The molecule has 2 atom stereocenters. The molecular weight excluding hydrogens is 520 g/mol. The van der Waals surface area contributed by atoms with Gasteiger partial charge in [0.1, 0.15) is 18.1 Å². The van der Waals surface area contributed by atoms with Crippen LogP contribution in [0, 0.1) is 12.8 Å². The fraction of sp³-hybridized carbons (Fsp3) is 0.414. The van der Waals surface area contributed by atoms with Gasteiger partial charge in [-0.2, -0.15) is 4.31 Å². The first-order valence-corrected chi connectivity index (χ1v) is 15.2. The molecule has 4 rings (SSSR count). The largest absolute Gasteiger partial charge is 0.497 e. The van der Waals surface area contributed by atoms with Crippen molar-refractivity contribution in [3.63, 3.8) is 0 Å². The van der Waals surface area contributed by atoms with E-state index in [-0.39, 0.29) is 35.9 Å². The van der Waals surface area contributed by atoms with Crippen LogP contribution in [0.25, 0.3) is 0 Å². The molecule has 2 aromatic carbocycles. The maximum atomic E-state index is 13.8. The van der Waals surface area contributed by atoms with E-state index in [1.165, 1.54) is 28.4 Å². The zero-order valence-electron chi connectivity index (χ0n) is 22.4. The molecule has 1 aromatic heterocycles. The van der Waals surface area contributed by atoms with Gasteiger partial charge in [-0.15, -0.1) is 11.3 Å². The summed E-state index contributed by atoms with van der Waals surface area (Å²) in [6.07, 6.45) is 1.55. The highest BCUT2D eigenvalue weighted by molar-refractivity contribution is 7.89. The van der Waals surface area contributed by atoms with E-state index in [4.69, 9.17) is 9.47 Å². The van der Waals surface area contributed by atoms with Gasteiger partial charge in [0.05, 0.1) is 24.6 Å². The van der Waals surface area contributed by atoms with Crippen LogP contribution in [0.3, 0.4) is 0 Å². The Morgan fingerprint density at radius 2 is 1.79 bits per heavy atom. The minimum Gasteiger partial charge on any atom is -0.497 e. The molecule has 0 saturated carbocycles. The molecule has 1 aliphatic heterocycles. The molecule has 0 unspecified atom stereocenters. The van der Waals surface area contributed by atoms with Gasteiger partial charge in [0, 0.05) is 18.0 Å². The number of sulfonamides is 1. The van der Waals surface area contributed by atoms with Crippen LogP contribution in [0.1, 0.15) is 42.3 Å². The molecule has 0 aliphatic carbocycles. The predicted octanol–water partition coefficient (Wildman–Crippen LogP) is 5.31. The number of methoxy groups -OCH3 is 1. The number of carbonyl (C=O) groups excluding carboxylic acids is 1. The number of thiophene rings is 1. The smallest absolute Gasteiger partial charge is 0.243 e. The summed E-state index contributed by atoms with van der Waals surface area (Å²) in [5.74, 6) is 1.19. The Bertz CT molecular complexity index is 1320. The van der Waals surface area contributed by atoms with Crippen molar-refractivity contribution in [2.75, 3.05) is 33.4 Å². The second-order valence-electron chi connectivity index (χ2n) is 9.76. The lowest BCUT2D eigenvalue weighted by Crippen LogP contribution is -2.48. The summed E-state index contributed by atoms with van der Waals surface area (Å²) in [7, 11) is -2.35. The number of carbonyl (C=O) groups is 1. The number of hydrogen-bond acceptors (Lipinski definition) is 6. The molecule has 0 bridgehead atoms. The molecule has 2 heterocycles. The van der Waals surface area contributed by atoms with Gasteiger partial charge in [0.15, 0.2) is 0 Å². The van der Waals surface area contributed by atoms with Crippen molar-refractivity contribution in [1.29, 1.82) is 0 Å². The highest BCUT2D eigenvalue weighted by Gasteiger charge is 2.35. The van der Waals surface area contributed by atoms with Crippen molar-refractivity contribution in [2.24, 2.45) is 5.92 Å². The van der Waals surface area contributed by atoms with E-state index in [9.17, 15) is 13.2 Å². The van der Waals surface area contributed by atoms with Gasteiger partial charge in [0.25, 0.3) is 0 Å². The fourth-order valence-electron chi connectivity index (χ4n) is 4.55. The Hall–Kier alpha value is -2.88. The normalized spacial score (nSPS) is 16.2. The first-order chi connectivity index (χ1) is 18.2. The van der Waals surface area contributed by atoms with Crippen LogP contribution in [-0.4, -0.2) is 56.9 Å². The van der Waals surface area contributed by atoms with Gasteiger partial charge in [-0.25, -0.2) is 8.42 Å². The summed E-state index contributed by atoms with van der Waals surface area (Å²) in [5.41, 5.74) is 2.22. The Kier molecular flexibility index (Phi) is 9.12. The number of aryl methyl sites for hydroxylation is 1. The maximum absolute atomic E-state index is 13.8. The van der Waals surface area contributed by atoms with E-state index in [0.29, 0.717) is 18.9 Å². The van der Waals surface area contributed by atoms with Crippen LogP contribution in [0.15, 0.2) is 64.9 Å². The third kappa shape index (κ3) is 6.39. The van der Waals surface area contributed by atoms with Gasteiger partial charge in [0.2, 0.25) is 15.9 Å².